The molecule has 5 nitrogen and oxygen atoms in total. The van der Waals surface area contributed by atoms with Crippen molar-refractivity contribution in [2.24, 2.45) is 15.9 Å². The first-order valence-electron chi connectivity index (χ1n) is 9.60. The second-order valence-corrected chi connectivity index (χ2v) is 7.60. The van der Waals surface area contributed by atoms with Crippen LogP contribution in [0.3, 0.4) is 0 Å². The van der Waals surface area contributed by atoms with E-state index in [-0.39, 0.29) is 17.4 Å². The molecular weight excluding hydrogens is 340 g/mol. The predicted octanol–water partition coefficient (Wildman–Crippen LogP) is 4.30. The lowest BCUT2D eigenvalue weighted by molar-refractivity contribution is -0.146. The van der Waals surface area contributed by atoms with Crippen LogP contribution in [0.1, 0.15) is 52.5 Å². The molecular formula is C22H28N2O3. The van der Waals surface area contributed by atoms with Crippen molar-refractivity contribution in [2.75, 3.05) is 13.2 Å². The van der Waals surface area contributed by atoms with Crippen LogP contribution in [-0.4, -0.2) is 36.3 Å². The van der Waals surface area contributed by atoms with Gasteiger partial charge in [-0.3, -0.25) is 9.79 Å². The molecule has 0 amide bonds. The molecule has 1 aromatic carbocycles. The Hall–Kier alpha value is -2.43. The molecule has 2 atom stereocenters. The van der Waals surface area contributed by atoms with E-state index in [4.69, 9.17) is 19.5 Å². The molecule has 0 aliphatic carbocycles. The summed E-state index contributed by atoms with van der Waals surface area (Å²) in [4.78, 5) is 22.4. The molecule has 0 N–H and O–H groups in total. The van der Waals surface area contributed by atoms with E-state index in [1.807, 2.05) is 58.0 Å². The van der Waals surface area contributed by atoms with Crippen LogP contribution in [0.5, 0.6) is 0 Å². The summed E-state index contributed by atoms with van der Waals surface area (Å²) >= 11 is 0. The summed E-state index contributed by atoms with van der Waals surface area (Å²) in [6, 6.07) is 10.0. The maximum absolute atomic E-state index is 12.9. The average molecular weight is 368 g/mol. The minimum absolute atomic E-state index is 0.217. The number of ether oxygens (including phenoxy) is 2. The largest absolute Gasteiger partial charge is 0.475 e. The first-order valence-corrected chi connectivity index (χ1v) is 9.60. The Labute approximate surface area is 161 Å². The lowest BCUT2D eigenvalue weighted by Crippen LogP contribution is -2.36. The number of hydrogen-bond donors (Lipinski definition) is 0. The number of nitrogens with zero attached hydrogens (tertiary/aromatic N) is 2. The van der Waals surface area contributed by atoms with Gasteiger partial charge in [0.25, 0.3) is 0 Å². The maximum atomic E-state index is 12.9. The topological polar surface area (TPSA) is 60.2 Å². The first-order chi connectivity index (χ1) is 12.9. The lowest BCUT2D eigenvalue weighted by Gasteiger charge is -2.32. The van der Waals surface area contributed by atoms with Crippen LogP contribution in [0.25, 0.3) is 0 Å². The molecule has 0 aromatic heterocycles. The summed E-state index contributed by atoms with van der Waals surface area (Å²) in [5.41, 5.74) is 3.39. The normalized spacial score (nSPS) is 24.2. The molecule has 0 saturated carbocycles. The number of rotatable bonds is 5. The van der Waals surface area contributed by atoms with Crippen molar-refractivity contribution in [1.29, 1.82) is 0 Å². The second kappa shape index (κ2) is 7.67. The molecule has 0 spiro atoms. The standard InChI is InChI=1S/C22H28N2O3/c1-6-16-19(20-24-22(4,5)13-27-20)18(15-11-9-8-10-12-15)17(14(3)23-16)21(25)26-7-2/h8-12,17-18H,6-7,13H2,1-5H3. The zero-order chi connectivity index (χ0) is 19.6. The van der Waals surface area contributed by atoms with E-state index in [2.05, 4.69) is 6.92 Å². The fourth-order valence-electron chi connectivity index (χ4n) is 3.74. The van der Waals surface area contributed by atoms with Gasteiger partial charge in [-0.05, 0) is 39.7 Å². The summed E-state index contributed by atoms with van der Waals surface area (Å²) < 4.78 is 11.4. The van der Waals surface area contributed by atoms with Gasteiger partial charge in [0.05, 0.1) is 12.1 Å². The van der Waals surface area contributed by atoms with Crippen molar-refractivity contribution in [3.05, 3.63) is 47.2 Å². The smallest absolute Gasteiger partial charge is 0.315 e. The number of hydrogen-bond acceptors (Lipinski definition) is 5. The number of benzene rings is 1. The highest BCUT2D eigenvalue weighted by Crippen LogP contribution is 2.42. The van der Waals surface area contributed by atoms with E-state index >= 15 is 0 Å². The van der Waals surface area contributed by atoms with Crippen molar-refractivity contribution in [1.82, 2.24) is 0 Å². The fourth-order valence-corrected chi connectivity index (χ4v) is 3.74. The molecule has 5 heteroatoms. The molecule has 2 aliphatic heterocycles. The summed E-state index contributed by atoms with van der Waals surface area (Å²) in [7, 11) is 0. The van der Waals surface area contributed by atoms with Crippen molar-refractivity contribution >= 4 is 17.6 Å². The molecule has 0 fully saturated rings. The van der Waals surface area contributed by atoms with E-state index in [1.54, 1.807) is 0 Å². The summed E-state index contributed by atoms with van der Waals surface area (Å²) in [5.74, 6) is -0.340. The highest BCUT2D eigenvalue weighted by Gasteiger charge is 2.43. The third-order valence-electron chi connectivity index (χ3n) is 4.95. The van der Waals surface area contributed by atoms with Gasteiger partial charge in [0.15, 0.2) is 0 Å². The van der Waals surface area contributed by atoms with E-state index < -0.39 is 5.92 Å². The number of carbonyl (C=O) groups is 1. The monoisotopic (exact) mass is 368 g/mol. The molecule has 0 bridgehead atoms. The Kier molecular flexibility index (Phi) is 5.49. The molecule has 2 unspecified atom stereocenters. The predicted molar refractivity (Wildman–Crippen MR) is 107 cm³/mol. The zero-order valence-electron chi connectivity index (χ0n) is 16.8. The van der Waals surface area contributed by atoms with E-state index in [0.717, 1.165) is 29.0 Å². The van der Waals surface area contributed by atoms with Crippen LogP contribution in [-0.2, 0) is 14.3 Å². The SMILES string of the molecule is CCOC(=O)C1C(C)=NC(CC)=C(C2=NC(C)(C)CO2)C1c1ccccc1. The molecule has 2 heterocycles. The average Bonchev–Trinajstić information content (AvgIpc) is 3.00. The van der Waals surface area contributed by atoms with Crippen LogP contribution >= 0.6 is 0 Å². The van der Waals surface area contributed by atoms with Crippen molar-refractivity contribution in [3.8, 4) is 0 Å². The maximum Gasteiger partial charge on any atom is 0.315 e. The summed E-state index contributed by atoms with van der Waals surface area (Å²) in [6.45, 7) is 10.8. The Morgan fingerprint density at radius 3 is 2.52 bits per heavy atom. The van der Waals surface area contributed by atoms with Gasteiger partial charge in [0.2, 0.25) is 5.90 Å². The van der Waals surface area contributed by atoms with Crippen molar-refractivity contribution in [2.45, 2.75) is 52.5 Å². The van der Waals surface area contributed by atoms with Gasteiger partial charge in [-0.15, -0.1) is 0 Å². The minimum Gasteiger partial charge on any atom is -0.475 e. The fraction of sp³-hybridized carbons (Fsp3) is 0.500. The third kappa shape index (κ3) is 3.82. The lowest BCUT2D eigenvalue weighted by atomic mass is 9.75. The quantitative estimate of drug-likeness (QED) is 0.728. The van der Waals surface area contributed by atoms with Gasteiger partial charge >= 0.3 is 5.97 Å². The molecule has 0 saturated heterocycles. The van der Waals surface area contributed by atoms with Crippen molar-refractivity contribution in [3.63, 3.8) is 0 Å². The third-order valence-corrected chi connectivity index (χ3v) is 4.95. The Bertz CT molecular complexity index is 806. The number of esters is 1. The summed E-state index contributed by atoms with van der Waals surface area (Å²) in [6.07, 6.45) is 0.744. The van der Waals surface area contributed by atoms with E-state index in [9.17, 15) is 4.79 Å². The highest BCUT2D eigenvalue weighted by molar-refractivity contribution is 6.08. The molecule has 3 rings (SSSR count). The van der Waals surface area contributed by atoms with Crippen molar-refractivity contribution < 1.29 is 14.3 Å². The van der Waals surface area contributed by atoms with Gasteiger partial charge in [-0.2, -0.15) is 0 Å². The molecule has 27 heavy (non-hydrogen) atoms. The van der Waals surface area contributed by atoms with E-state index in [1.165, 1.54) is 0 Å². The number of aliphatic imine (C=N–C) groups is 2. The minimum atomic E-state index is -0.479. The van der Waals surface area contributed by atoms with Gasteiger partial charge in [-0.1, -0.05) is 37.3 Å². The first kappa shape index (κ1) is 19.3. The molecule has 1 aromatic rings. The van der Waals surface area contributed by atoms with Crippen LogP contribution in [0.15, 0.2) is 51.6 Å². The van der Waals surface area contributed by atoms with Gasteiger partial charge < -0.3 is 9.47 Å². The Balaban J connectivity index is 2.19. The van der Waals surface area contributed by atoms with Gasteiger partial charge in [0, 0.05) is 22.9 Å². The molecule has 144 valence electrons. The zero-order valence-corrected chi connectivity index (χ0v) is 16.8. The molecule has 2 aliphatic rings. The molecule has 0 radical (unpaired) electrons. The van der Waals surface area contributed by atoms with Crippen LogP contribution in [0, 0.1) is 5.92 Å². The Morgan fingerprint density at radius 1 is 1.26 bits per heavy atom. The second-order valence-electron chi connectivity index (χ2n) is 7.60. The number of carbonyl (C=O) groups excluding carboxylic acids is 1. The van der Waals surface area contributed by atoms with Crippen LogP contribution in [0.2, 0.25) is 0 Å². The van der Waals surface area contributed by atoms with Crippen LogP contribution < -0.4 is 0 Å². The van der Waals surface area contributed by atoms with Crippen LogP contribution in [0.4, 0.5) is 0 Å². The Morgan fingerprint density at radius 2 is 1.96 bits per heavy atom. The van der Waals surface area contributed by atoms with Gasteiger partial charge in [-0.25, -0.2) is 4.99 Å². The van der Waals surface area contributed by atoms with E-state index in [0.29, 0.717) is 19.1 Å². The highest BCUT2D eigenvalue weighted by atomic mass is 16.5. The van der Waals surface area contributed by atoms with Gasteiger partial charge in [0.1, 0.15) is 12.5 Å². The summed E-state index contributed by atoms with van der Waals surface area (Å²) in [5, 5.41) is 0. The number of allylic oxidation sites excluding steroid dienone is 1.